The van der Waals surface area contributed by atoms with E-state index in [-0.39, 0.29) is 35.0 Å². The van der Waals surface area contributed by atoms with Crippen molar-refractivity contribution < 1.29 is 13.5 Å². The number of hydrogen-bond acceptors (Lipinski definition) is 4. The average Bonchev–Trinajstić information content (AvgIpc) is 2.38. The lowest BCUT2D eigenvalue weighted by Gasteiger charge is -2.34. The summed E-state index contributed by atoms with van der Waals surface area (Å²) in [6.45, 7) is 2.21. The van der Waals surface area contributed by atoms with Gasteiger partial charge in [-0.1, -0.05) is 32.3 Å². The van der Waals surface area contributed by atoms with Crippen LogP contribution >= 0.6 is 12.4 Å². The Kier molecular flexibility index (Phi) is 5.66. The molecule has 0 aliphatic heterocycles. The third-order valence-electron chi connectivity index (χ3n) is 4.33. The van der Waals surface area contributed by atoms with E-state index in [0.717, 1.165) is 31.2 Å². The van der Waals surface area contributed by atoms with Gasteiger partial charge in [0.05, 0.1) is 0 Å². The second-order valence-corrected chi connectivity index (χ2v) is 7.38. The van der Waals surface area contributed by atoms with Crippen LogP contribution in [0.1, 0.15) is 50.2 Å². The molecule has 0 radical (unpaired) electrons. The molecule has 0 aromatic heterocycles. The first-order valence-electron chi connectivity index (χ1n) is 6.87. The normalized spacial score (nSPS) is 18.0. The van der Waals surface area contributed by atoms with Gasteiger partial charge < -0.3 is 10.8 Å². The molecule has 0 bridgehead atoms. The fraction of sp³-hybridized carbons (Fsp3) is 0.571. The van der Waals surface area contributed by atoms with Crippen molar-refractivity contribution in [3.63, 3.8) is 0 Å². The smallest absolute Gasteiger partial charge is 0.241 e. The molecule has 0 saturated heterocycles. The SMILES string of the molecule is CC1(c2cc(CN)c(O)c(S(N)(=O)=O)c2)CCCCC1.Cl. The number of nitrogens with two attached hydrogens (primary N) is 2. The minimum Gasteiger partial charge on any atom is -0.506 e. The first-order chi connectivity index (χ1) is 9.28. The molecule has 120 valence electrons. The molecule has 1 aliphatic rings. The van der Waals surface area contributed by atoms with E-state index in [4.69, 9.17) is 10.9 Å². The lowest BCUT2D eigenvalue weighted by Crippen LogP contribution is -2.26. The standard InChI is InChI=1S/C14H22N2O3S.ClH/c1-14(5-3-2-4-6-14)11-7-10(9-15)13(17)12(8-11)20(16,18)19;/h7-8,17H,2-6,9,15H2,1H3,(H2,16,18,19);1H. The largest absolute Gasteiger partial charge is 0.506 e. The molecule has 0 amide bonds. The van der Waals surface area contributed by atoms with Gasteiger partial charge in [0.15, 0.2) is 0 Å². The van der Waals surface area contributed by atoms with Crippen LogP contribution in [0.25, 0.3) is 0 Å². The summed E-state index contributed by atoms with van der Waals surface area (Å²) in [5, 5.41) is 15.2. The Balaban J connectivity index is 0.00000220. The molecule has 1 aromatic carbocycles. The van der Waals surface area contributed by atoms with Crippen LogP contribution in [0.15, 0.2) is 17.0 Å². The Morgan fingerprint density at radius 2 is 1.81 bits per heavy atom. The van der Waals surface area contributed by atoms with E-state index < -0.39 is 10.0 Å². The van der Waals surface area contributed by atoms with Crippen LogP contribution in [0, 0.1) is 0 Å². The summed E-state index contributed by atoms with van der Waals surface area (Å²) in [7, 11) is -3.96. The summed E-state index contributed by atoms with van der Waals surface area (Å²) >= 11 is 0. The molecule has 0 spiro atoms. The molecule has 1 aliphatic carbocycles. The van der Waals surface area contributed by atoms with Gasteiger partial charge in [0.25, 0.3) is 0 Å². The third kappa shape index (κ3) is 3.69. The molecule has 1 saturated carbocycles. The molecule has 5 N–H and O–H groups in total. The zero-order valence-electron chi connectivity index (χ0n) is 12.1. The first kappa shape index (κ1) is 18.2. The lowest BCUT2D eigenvalue weighted by atomic mass is 9.71. The number of primary sulfonamides is 1. The van der Waals surface area contributed by atoms with E-state index in [1.54, 1.807) is 0 Å². The van der Waals surface area contributed by atoms with Gasteiger partial charge in [-0.3, -0.25) is 0 Å². The molecule has 5 nitrogen and oxygen atoms in total. The lowest BCUT2D eigenvalue weighted by molar-refractivity contribution is 0.318. The van der Waals surface area contributed by atoms with Gasteiger partial charge in [-0.05, 0) is 29.9 Å². The van der Waals surface area contributed by atoms with Crippen molar-refractivity contribution in [2.45, 2.75) is 55.9 Å². The summed E-state index contributed by atoms with van der Waals surface area (Å²) in [5.41, 5.74) is 6.87. The Hall–Kier alpha value is -0.820. The van der Waals surface area contributed by atoms with E-state index in [1.165, 1.54) is 12.5 Å². The molecule has 1 fully saturated rings. The zero-order chi connectivity index (χ0) is 15.0. The number of phenolic OH excluding ortho intramolecular Hbond substituents is 1. The highest BCUT2D eigenvalue weighted by molar-refractivity contribution is 7.89. The minimum atomic E-state index is -3.96. The van der Waals surface area contributed by atoms with Crippen molar-refractivity contribution in [3.05, 3.63) is 23.3 Å². The number of hydrogen-bond donors (Lipinski definition) is 3. The van der Waals surface area contributed by atoms with Crippen molar-refractivity contribution in [3.8, 4) is 5.75 Å². The Labute approximate surface area is 132 Å². The fourth-order valence-corrected chi connectivity index (χ4v) is 3.70. The van der Waals surface area contributed by atoms with Gasteiger partial charge in [0.2, 0.25) is 10.0 Å². The average molecular weight is 335 g/mol. The van der Waals surface area contributed by atoms with Gasteiger partial charge in [-0.2, -0.15) is 0 Å². The number of aromatic hydroxyl groups is 1. The minimum absolute atomic E-state index is 0. The molecular formula is C14H23ClN2O3S. The highest BCUT2D eigenvalue weighted by Gasteiger charge is 2.31. The Bertz CT molecular complexity index is 611. The predicted molar refractivity (Wildman–Crippen MR) is 85.1 cm³/mol. The van der Waals surface area contributed by atoms with Crippen LogP contribution < -0.4 is 10.9 Å². The van der Waals surface area contributed by atoms with Gasteiger partial charge in [0, 0.05) is 12.1 Å². The maximum absolute atomic E-state index is 11.6. The quantitative estimate of drug-likeness (QED) is 0.787. The summed E-state index contributed by atoms with van der Waals surface area (Å²) < 4.78 is 23.3. The number of benzene rings is 1. The highest BCUT2D eigenvalue weighted by atomic mass is 35.5. The van der Waals surface area contributed by atoms with E-state index in [1.807, 2.05) is 6.07 Å². The van der Waals surface area contributed by atoms with E-state index >= 15 is 0 Å². The van der Waals surface area contributed by atoms with E-state index in [0.29, 0.717) is 5.56 Å². The molecule has 0 atom stereocenters. The number of sulfonamides is 1. The highest BCUT2D eigenvalue weighted by Crippen LogP contribution is 2.41. The van der Waals surface area contributed by atoms with E-state index in [2.05, 4.69) is 6.92 Å². The Morgan fingerprint density at radius 1 is 1.24 bits per heavy atom. The second kappa shape index (κ2) is 6.52. The molecule has 2 rings (SSSR count). The molecule has 1 aromatic rings. The molecule has 21 heavy (non-hydrogen) atoms. The third-order valence-corrected chi connectivity index (χ3v) is 5.26. The predicted octanol–water partition coefficient (Wildman–Crippen LogP) is 2.14. The van der Waals surface area contributed by atoms with Gasteiger partial charge >= 0.3 is 0 Å². The van der Waals surface area contributed by atoms with Gasteiger partial charge in [-0.25, -0.2) is 13.6 Å². The molecule has 0 heterocycles. The molecule has 0 unspecified atom stereocenters. The van der Waals surface area contributed by atoms with Crippen LogP contribution in [-0.2, 0) is 22.0 Å². The summed E-state index contributed by atoms with van der Waals surface area (Å²) in [6, 6.07) is 3.32. The van der Waals surface area contributed by atoms with Crippen molar-refractivity contribution in [2.24, 2.45) is 10.9 Å². The van der Waals surface area contributed by atoms with E-state index in [9.17, 15) is 13.5 Å². The van der Waals surface area contributed by atoms with Crippen LogP contribution in [0.2, 0.25) is 0 Å². The van der Waals surface area contributed by atoms with Crippen molar-refractivity contribution >= 4 is 22.4 Å². The van der Waals surface area contributed by atoms with Crippen LogP contribution in [0.3, 0.4) is 0 Å². The van der Waals surface area contributed by atoms with Crippen molar-refractivity contribution in [1.29, 1.82) is 0 Å². The number of halogens is 1. The number of phenols is 1. The first-order valence-corrected chi connectivity index (χ1v) is 8.42. The van der Waals surface area contributed by atoms with Crippen molar-refractivity contribution in [2.75, 3.05) is 0 Å². The second-order valence-electron chi connectivity index (χ2n) is 5.85. The topological polar surface area (TPSA) is 106 Å². The summed E-state index contributed by atoms with van der Waals surface area (Å²) in [6.07, 6.45) is 5.47. The van der Waals surface area contributed by atoms with Crippen LogP contribution in [0.5, 0.6) is 5.75 Å². The Morgan fingerprint density at radius 3 is 2.29 bits per heavy atom. The summed E-state index contributed by atoms with van der Waals surface area (Å²) in [4.78, 5) is -0.220. The maximum Gasteiger partial charge on any atom is 0.241 e. The zero-order valence-corrected chi connectivity index (χ0v) is 13.8. The van der Waals surface area contributed by atoms with Crippen molar-refractivity contribution in [1.82, 2.24) is 0 Å². The number of rotatable bonds is 3. The van der Waals surface area contributed by atoms with Gasteiger partial charge in [-0.15, -0.1) is 12.4 Å². The monoisotopic (exact) mass is 334 g/mol. The van der Waals surface area contributed by atoms with Gasteiger partial charge in [0.1, 0.15) is 10.6 Å². The fourth-order valence-electron chi connectivity index (χ4n) is 3.01. The summed E-state index contributed by atoms with van der Waals surface area (Å²) in [5.74, 6) is -0.321. The maximum atomic E-state index is 11.6. The van der Waals surface area contributed by atoms with Crippen LogP contribution in [0.4, 0.5) is 0 Å². The molecular weight excluding hydrogens is 312 g/mol. The molecule has 7 heteroatoms. The van der Waals surface area contributed by atoms with Crippen LogP contribution in [-0.4, -0.2) is 13.5 Å².